The highest BCUT2D eigenvalue weighted by molar-refractivity contribution is 9.10. The van der Waals surface area contributed by atoms with Crippen LogP contribution in [0.2, 0.25) is 0 Å². The van der Waals surface area contributed by atoms with Crippen LogP contribution in [0.15, 0.2) is 76.3 Å². The molecular formula is C27H27BrN2O4. The van der Waals surface area contributed by atoms with Crippen molar-refractivity contribution in [2.45, 2.75) is 12.5 Å². The molecular weight excluding hydrogens is 496 g/mol. The summed E-state index contributed by atoms with van der Waals surface area (Å²) >= 11 is 3.52. The Morgan fingerprint density at radius 2 is 1.44 bits per heavy atom. The van der Waals surface area contributed by atoms with Crippen molar-refractivity contribution >= 4 is 33.4 Å². The second-order valence-electron chi connectivity index (χ2n) is 7.68. The van der Waals surface area contributed by atoms with Gasteiger partial charge in [0.1, 0.15) is 23.0 Å². The lowest BCUT2D eigenvalue weighted by atomic mass is 9.99. The molecule has 34 heavy (non-hydrogen) atoms. The van der Waals surface area contributed by atoms with E-state index < -0.39 is 0 Å². The van der Waals surface area contributed by atoms with Crippen molar-refractivity contribution in [3.8, 4) is 23.0 Å². The fourth-order valence-electron chi connectivity index (χ4n) is 3.94. The highest BCUT2D eigenvalue weighted by Gasteiger charge is 2.30. The summed E-state index contributed by atoms with van der Waals surface area (Å²) in [4.78, 5) is 0. The van der Waals surface area contributed by atoms with Crippen LogP contribution in [-0.4, -0.2) is 34.2 Å². The summed E-state index contributed by atoms with van der Waals surface area (Å²) < 4.78 is 23.0. The van der Waals surface area contributed by atoms with E-state index in [1.54, 1.807) is 28.4 Å². The molecule has 0 N–H and O–H groups in total. The van der Waals surface area contributed by atoms with Crippen molar-refractivity contribution in [1.82, 2.24) is 0 Å². The molecule has 0 aliphatic carbocycles. The van der Waals surface area contributed by atoms with Crippen LogP contribution >= 0.6 is 15.9 Å². The van der Waals surface area contributed by atoms with Crippen LogP contribution in [0, 0.1) is 0 Å². The van der Waals surface area contributed by atoms with E-state index in [1.807, 2.05) is 65.7 Å². The van der Waals surface area contributed by atoms with E-state index in [1.165, 1.54) is 0 Å². The van der Waals surface area contributed by atoms with Gasteiger partial charge in [0.2, 0.25) is 0 Å². The Balaban J connectivity index is 1.69. The van der Waals surface area contributed by atoms with Crippen molar-refractivity contribution in [1.29, 1.82) is 0 Å². The van der Waals surface area contributed by atoms with Crippen LogP contribution in [-0.2, 0) is 0 Å². The van der Waals surface area contributed by atoms with E-state index in [-0.39, 0.29) is 6.04 Å². The molecule has 3 aromatic rings. The first-order chi connectivity index (χ1) is 16.6. The van der Waals surface area contributed by atoms with E-state index in [2.05, 4.69) is 28.1 Å². The van der Waals surface area contributed by atoms with Crippen LogP contribution in [0.25, 0.3) is 6.08 Å². The van der Waals surface area contributed by atoms with Crippen molar-refractivity contribution in [2.24, 2.45) is 5.10 Å². The third-order valence-electron chi connectivity index (χ3n) is 5.72. The van der Waals surface area contributed by atoms with Gasteiger partial charge >= 0.3 is 0 Å². The average Bonchev–Trinajstić information content (AvgIpc) is 3.31. The first-order valence-electron chi connectivity index (χ1n) is 10.8. The molecule has 0 fully saturated rings. The van der Waals surface area contributed by atoms with Crippen molar-refractivity contribution < 1.29 is 18.9 Å². The minimum absolute atomic E-state index is 0.0283. The summed E-state index contributed by atoms with van der Waals surface area (Å²) in [6.07, 6.45) is 4.77. The molecule has 6 nitrogen and oxygen atoms in total. The van der Waals surface area contributed by atoms with Gasteiger partial charge in [0, 0.05) is 34.2 Å². The first-order valence-corrected chi connectivity index (χ1v) is 11.6. The predicted octanol–water partition coefficient (Wildman–Crippen LogP) is 6.50. The number of hydrogen-bond donors (Lipinski definition) is 0. The molecule has 1 heterocycles. The molecule has 176 valence electrons. The van der Waals surface area contributed by atoms with E-state index in [4.69, 9.17) is 24.0 Å². The highest BCUT2D eigenvalue weighted by atomic mass is 79.9. The van der Waals surface area contributed by atoms with Crippen molar-refractivity contribution in [3.63, 3.8) is 0 Å². The van der Waals surface area contributed by atoms with E-state index in [0.29, 0.717) is 6.42 Å². The highest BCUT2D eigenvalue weighted by Crippen LogP contribution is 2.41. The van der Waals surface area contributed by atoms with Gasteiger partial charge in [0.05, 0.1) is 45.9 Å². The van der Waals surface area contributed by atoms with E-state index in [0.717, 1.165) is 50.0 Å². The van der Waals surface area contributed by atoms with E-state index >= 15 is 0 Å². The second kappa shape index (κ2) is 10.7. The van der Waals surface area contributed by atoms with Gasteiger partial charge in [-0.15, -0.1) is 0 Å². The standard InChI is InChI=1S/C27H27BrN2O4/c1-31-22-12-6-18(26(16-22)33-3)5-9-20-15-25(24-14-13-23(32-2)17-27(24)34-4)30(29-20)21-10-7-19(28)8-11-21/h5-14,16-17,25H,15H2,1-4H3/b9-5+. The molecule has 0 saturated heterocycles. The summed E-state index contributed by atoms with van der Waals surface area (Å²) in [5.74, 6) is 3.01. The molecule has 0 radical (unpaired) electrons. The van der Waals surface area contributed by atoms with Crippen LogP contribution in [0.4, 0.5) is 5.69 Å². The third kappa shape index (κ3) is 5.04. The molecule has 1 aliphatic rings. The molecule has 4 rings (SSSR count). The van der Waals surface area contributed by atoms with Crippen LogP contribution in [0.3, 0.4) is 0 Å². The lowest BCUT2D eigenvalue weighted by molar-refractivity contribution is 0.388. The Labute approximate surface area is 208 Å². The van der Waals surface area contributed by atoms with Crippen LogP contribution in [0.5, 0.6) is 23.0 Å². The van der Waals surface area contributed by atoms with Gasteiger partial charge in [0.25, 0.3) is 0 Å². The SMILES string of the molecule is COc1ccc(/C=C/C2=NN(c3ccc(Br)cc3)C(c3ccc(OC)cc3OC)C2)c(OC)c1. The largest absolute Gasteiger partial charge is 0.497 e. The number of halogens is 1. The Kier molecular flexibility index (Phi) is 7.43. The summed E-state index contributed by atoms with van der Waals surface area (Å²) in [6, 6.07) is 19.8. The minimum atomic E-state index is -0.0283. The predicted molar refractivity (Wildman–Crippen MR) is 140 cm³/mol. The fourth-order valence-corrected chi connectivity index (χ4v) is 4.21. The lowest BCUT2D eigenvalue weighted by Crippen LogP contribution is -2.19. The van der Waals surface area contributed by atoms with Gasteiger partial charge in [-0.25, -0.2) is 0 Å². The molecule has 0 spiro atoms. The fraction of sp³-hybridized carbons (Fsp3) is 0.222. The Bertz CT molecular complexity index is 1210. The maximum Gasteiger partial charge on any atom is 0.129 e. The zero-order valence-corrected chi connectivity index (χ0v) is 21.2. The maximum atomic E-state index is 5.71. The quantitative estimate of drug-likeness (QED) is 0.337. The number of ether oxygens (including phenoxy) is 4. The number of hydrogen-bond acceptors (Lipinski definition) is 6. The number of rotatable bonds is 8. The zero-order chi connectivity index (χ0) is 24.1. The number of anilines is 1. The number of methoxy groups -OCH3 is 4. The molecule has 0 amide bonds. The number of nitrogens with zero attached hydrogens (tertiary/aromatic N) is 2. The van der Waals surface area contributed by atoms with Gasteiger partial charge in [-0.2, -0.15) is 5.10 Å². The van der Waals surface area contributed by atoms with Gasteiger partial charge in [0.15, 0.2) is 0 Å². The Morgan fingerprint density at radius 3 is 2.09 bits per heavy atom. The normalized spacial score (nSPS) is 15.4. The lowest BCUT2D eigenvalue weighted by Gasteiger charge is -2.25. The molecule has 7 heteroatoms. The van der Waals surface area contributed by atoms with E-state index in [9.17, 15) is 0 Å². The van der Waals surface area contributed by atoms with Gasteiger partial charge in [-0.1, -0.05) is 15.9 Å². The van der Waals surface area contributed by atoms with Crippen molar-refractivity contribution in [2.75, 3.05) is 33.4 Å². The Hall–Kier alpha value is -3.45. The van der Waals surface area contributed by atoms with Crippen LogP contribution < -0.4 is 24.0 Å². The second-order valence-corrected chi connectivity index (χ2v) is 8.60. The molecule has 3 aromatic carbocycles. The summed E-state index contributed by atoms with van der Waals surface area (Å²) in [7, 11) is 6.62. The summed E-state index contributed by atoms with van der Waals surface area (Å²) in [6.45, 7) is 0. The average molecular weight is 523 g/mol. The summed E-state index contributed by atoms with van der Waals surface area (Å²) in [5, 5.41) is 7.01. The van der Waals surface area contributed by atoms with Gasteiger partial charge in [-0.05, 0) is 60.7 Å². The van der Waals surface area contributed by atoms with Gasteiger partial charge < -0.3 is 18.9 Å². The number of allylic oxidation sites excluding steroid dienone is 1. The number of benzene rings is 3. The zero-order valence-electron chi connectivity index (χ0n) is 19.6. The van der Waals surface area contributed by atoms with Crippen LogP contribution in [0.1, 0.15) is 23.6 Å². The molecule has 1 aliphatic heterocycles. The molecule has 0 saturated carbocycles. The first kappa shape index (κ1) is 23.7. The minimum Gasteiger partial charge on any atom is -0.497 e. The Morgan fingerprint density at radius 1 is 0.794 bits per heavy atom. The van der Waals surface area contributed by atoms with Gasteiger partial charge in [-0.3, -0.25) is 5.01 Å². The monoisotopic (exact) mass is 522 g/mol. The number of hydrazone groups is 1. The third-order valence-corrected chi connectivity index (χ3v) is 6.25. The summed E-state index contributed by atoms with van der Waals surface area (Å²) in [5.41, 5.74) is 3.94. The molecule has 0 aromatic heterocycles. The molecule has 1 unspecified atom stereocenters. The maximum absolute atomic E-state index is 5.71. The smallest absolute Gasteiger partial charge is 0.129 e. The molecule has 1 atom stereocenters. The molecule has 0 bridgehead atoms. The van der Waals surface area contributed by atoms with Crippen molar-refractivity contribution in [3.05, 3.63) is 82.3 Å². The topological polar surface area (TPSA) is 52.5 Å².